The SMILES string of the molecule is CCNC(=O)N1CCC(NCC(=O)O)CC1. The van der Waals surface area contributed by atoms with Crippen LogP contribution in [0.15, 0.2) is 0 Å². The Bertz CT molecular complexity index is 250. The van der Waals surface area contributed by atoms with Crippen molar-refractivity contribution in [1.82, 2.24) is 15.5 Å². The third-order valence-corrected chi connectivity index (χ3v) is 2.65. The Labute approximate surface area is 95.0 Å². The number of urea groups is 1. The molecule has 0 aromatic heterocycles. The third-order valence-electron chi connectivity index (χ3n) is 2.65. The number of rotatable bonds is 4. The van der Waals surface area contributed by atoms with E-state index in [2.05, 4.69) is 10.6 Å². The Kier molecular flexibility index (Phi) is 5.04. The van der Waals surface area contributed by atoms with Crippen molar-refractivity contribution < 1.29 is 14.7 Å². The smallest absolute Gasteiger partial charge is 0.317 e. The lowest BCUT2D eigenvalue weighted by Crippen LogP contribution is -2.49. The van der Waals surface area contributed by atoms with Gasteiger partial charge < -0.3 is 20.6 Å². The summed E-state index contributed by atoms with van der Waals surface area (Å²) in [6.45, 7) is 3.88. The number of carbonyl (C=O) groups excluding carboxylic acids is 1. The maximum Gasteiger partial charge on any atom is 0.317 e. The Hall–Kier alpha value is -1.30. The van der Waals surface area contributed by atoms with E-state index in [1.54, 1.807) is 4.90 Å². The molecule has 3 N–H and O–H groups in total. The van der Waals surface area contributed by atoms with Gasteiger partial charge in [-0.05, 0) is 19.8 Å². The van der Waals surface area contributed by atoms with Gasteiger partial charge in [-0.1, -0.05) is 0 Å². The van der Waals surface area contributed by atoms with Crippen LogP contribution < -0.4 is 10.6 Å². The fourth-order valence-corrected chi connectivity index (χ4v) is 1.78. The van der Waals surface area contributed by atoms with Gasteiger partial charge in [0.25, 0.3) is 0 Å². The fourth-order valence-electron chi connectivity index (χ4n) is 1.78. The van der Waals surface area contributed by atoms with Crippen LogP contribution in [0.3, 0.4) is 0 Å². The van der Waals surface area contributed by atoms with Crippen molar-refractivity contribution in [3.63, 3.8) is 0 Å². The molecule has 0 aromatic rings. The third kappa shape index (κ3) is 4.06. The summed E-state index contributed by atoms with van der Waals surface area (Å²) in [5.74, 6) is -0.842. The number of nitrogens with one attached hydrogen (secondary N) is 2. The van der Waals surface area contributed by atoms with Gasteiger partial charge in [0.15, 0.2) is 0 Å². The first-order chi connectivity index (χ1) is 7.63. The van der Waals surface area contributed by atoms with Crippen LogP contribution in [0.5, 0.6) is 0 Å². The summed E-state index contributed by atoms with van der Waals surface area (Å²) in [6, 6.07) is 0.181. The minimum atomic E-state index is -0.842. The first-order valence-electron chi connectivity index (χ1n) is 5.61. The van der Waals surface area contributed by atoms with E-state index in [9.17, 15) is 9.59 Å². The van der Waals surface area contributed by atoms with Crippen molar-refractivity contribution >= 4 is 12.0 Å². The molecular formula is C10H19N3O3. The van der Waals surface area contributed by atoms with Crippen LogP contribution in [0.2, 0.25) is 0 Å². The summed E-state index contributed by atoms with van der Waals surface area (Å²) < 4.78 is 0. The topological polar surface area (TPSA) is 81.7 Å². The van der Waals surface area contributed by atoms with Crippen LogP contribution in [-0.4, -0.2) is 54.2 Å². The van der Waals surface area contributed by atoms with Gasteiger partial charge in [0, 0.05) is 25.7 Å². The molecule has 1 heterocycles. The molecule has 1 saturated heterocycles. The molecule has 0 spiro atoms. The molecular weight excluding hydrogens is 210 g/mol. The Morgan fingerprint density at radius 3 is 2.50 bits per heavy atom. The molecule has 1 aliphatic heterocycles. The van der Waals surface area contributed by atoms with E-state index in [1.807, 2.05) is 6.92 Å². The van der Waals surface area contributed by atoms with E-state index in [4.69, 9.17) is 5.11 Å². The van der Waals surface area contributed by atoms with E-state index in [0.29, 0.717) is 19.6 Å². The Morgan fingerprint density at radius 1 is 1.38 bits per heavy atom. The number of carbonyl (C=O) groups is 2. The van der Waals surface area contributed by atoms with Gasteiger partial charge in [0.2, 0.25) is 0 Å². The summed E-state index contributed by atoms with van der Waals surface area (Å²) in [5.41, 5.74) is 0. The van der Waals surface area contributed by atoms with Crippen LogP contribution in [0.4, 0.5) is 4.79 Å². The van der Waals surface area contributed by atoms with E-state index >= 15 is 0 Å². The molecule has 2 amide bonds. The van der Waals surface area contributed by atoms with Crippen molar-refractivity contribution in [3.05, 3.63) is 0 Å². The molecule has 92 valence electrons. The highest BCUT2D eigenvalue weighted by molar-refractivity contribution is 5.74. The quantitative estimate of drug-likeness (QED) is 0.626. The van der Waals surface area contributed by atoms with Gasteiger partial charge in [0.1, 0.15) is 0 Å². The minimum absolute atomic E-state index is 0.00811. The fraction of sp³-hybridized carbons (Fsp3) is 0.800. The normalized spacial score (nSPS) is 17.2. The Morgan fingerprint density at radius 2 is 2.00 bits per heavy atom. The number of amides is 2. The highest BCUT2D eigenvalue weighted by Gasteiger charge is 2.22. The zero-order chi connectivity index (χ0) is 12.0. The molecule has 6 heteroatoms. The average molecular weight is 229 g/mol. The summed E-state index contributed by atoms with van der Waals surface area (Å²) in [4.78, 5) is 23.6. The minimum Gasteiger partial charge on any atom is -0.480 e. The lowest BCUT2D eigenvalue weighted by Gasteiger charge is -2.32. The number of piperidine rings is 1. The van der Waals surface area contributed by atoms with Gasteiger partial charge >= 0.3 is 12.0 Å². The molecule has 0 unspecified atom stereocenters. The summed E-state index contributed by atoms with van der Waals surface area (Å²) >= 11 is 0. The lowest BCUT2D eigenvalue weighted by molar-refractivity contribution is -0.136. The molecule has 6 nitrogen and oxygen atoms in total. The second kappa shape index (κ2) is 6.32. The van der Waals surface area contributed by atoms with E-state index in [0.717, 1.165) is 12.8 Å². The molecule has 1 rings (SSSR count). The van der Waals surface area contributed by atoms with Crippen molar-refractivity contribution in [3.8, 4) is 0 Å². The van der Waals surface area contributed by atoms with Crippen LogP contribution in [0, 0.1) is 0 Å². The molecule has 0 saturated carbocycles. The van der Waals surface area contributed by atoms with E-state index < -0.39 is 5.97 Å². The number of likely N-dealkylation sites (tertiary alicyclic amines) is 1. The van der Waals surface area contributed by atoms with E-state index in [-0.39, 0.29) is 18.6 Å². The van der Waals surface area contributed by atoms with E-state index in [1.165, 1.54) is 0 Å². The molecule has 16 heavy (non-hydrogen) atoms. The van der Waals surface area contributed by atoms with Gasteiger partial charge in [-0.3, -0.25) is 4.79 Å². The lowest BCUT2D eigenvalue weighted by atomic mass is 10.1. The van der Waals surface area contributed by atoms with Gasteiger partial charge in [-0.2, -0.15) is 0 Å². The molecule has 0 aliphatic carbocycles. The highest BCUT2D eigenvalue weighted by Crippen LogP contribution is 2.09. The highest BCUT2D eigenvalue weighted by atomic mass is 16.4. The second-order valence-corrected chi connectivity index (χ2v) is 3.87. The first kappa shape index (κ1) is 12.8. The molecule has 0 atom stereocenters. The molecule has 1 fully saturated rings. The van der Waals surface area contributed by atoms with Crippen molar-refractivity contribution in [2.45, 2.75) is 25.8 Å². The number of carboxylic acids is 1. The van der Waals surface area contributed by atoms with Crippen molar-refractivity contribution in [1.29, 1.82) is 0 Å². The predicted octanol–water partition coefficient (Wildman–Crippen LogP) is -0.145. The molecule has 0 radical (unpaired) electrons. The number of hydrogen-bond acceptors (Lipinski definition) is 3. The predicted molar refractivity (Wildman–Crippen MR) is 59.3 cm³/mol. The molecule has 0 aromatic carbocycles. The standard InChI is InChI=1S/C10H19N3O3/c1-2-11-10(16)13-5-3-8(4-6-13)12-7-9(14)15/h8,12H,2-7H2,1H3,(H,11,16)(H,14,15). The van der Waals surface area contributed by atoms with Crippen molar-refractivity contribution in [2.24, 2.45) is 0 Å². The summed E-state index contributed by atoms with van der Waals surface area (Å²) in [6.07, 6.45) is 1.62. The molecule has 1 aliphatic rings. The average Bonchev–Trinajstić information content (AvgIpc) is 2.27. The maximum atomic E-state index is 11.5. The Balaban J connectivity index is 2.23. The number of hydrogen-bond donors (Lipinski definition) is 3. The molecule has 0 bridgehead atoms. The summed E-state index contributed by atoms with van der Waals surface area (Å²) in [5, 5.41) is 14.2. The summed E-state index contributed by atoms with van der Waals surface area (Å²) in [7, 11) is 0. The second-order valence-electron chi connectivity index (χ2n) is 3.87. The zero-order valence-electron chi connectivity index (χ0n) is 9.53. The monoisotopic (exact) mass is 229 g/mol. The number of carboxylic acid groups (broad SMARTS) is 1. The van der Waals surface area contributed by atoms with Crippen LogP contribution in [-0.2, 0) is 4.79 Å². The largest absolute Gasteiger partial charge is 0.480 e. The van der Waals surface area contributed by atoms with Crippen LogP contribution in [0.1, 0.15) is 19.8 Å². The van der Waals surface area contributed by atoms with Crippen molar-refractivity contribution in [2.75, 3.05) is 26.2 Å². The van der Waals surface area contributed by atoms with Crippen LogP contribution >= 0.6 is 0 Å². The number of nitrogens with zero attached hydrogens (tertiary/aromatic N) is 1. The van der Waals surface area contributed by atoms with Gasteiger partial charge in [0.05, 0.1) is 6.54 Å². The number of aliphatic carboxylic acids is 1. The zero-order valence-corrected chi connectivity index (χ0v) is 9.53. The van der Waals surface area contributed by atoms with Gasteiger partial charge in [-0.15, -0.1) is 0 Å². The van der Waals surface area contributed by atoms with Gasteiger partial charge in [-0.25, -0.2) is 4.79 Å². The first-order valence-corrected chi connectivity index (χ1v) is 5.61. The maximum absolute atomic E-state index is 11.5. The van der Waals surface area contributed by atoms with Crippen LogP contribution in [0.25, 0.3) is 0 Å².